The summed E-state index contributed by atoms with van der Waals surface area (Å²) in [5, 5.41) is 1.02. The fraction of sp³-hybridized carbons (Fsp3) is 0.438. The maximum atomic E-state index is 12.8. The molecule has 116 valence electrons. The number of fused-ring (bicyclic) bond motifs is 3. The second kappa shape index (κ2) is 5.44. The van der Waals surface area contributed by atoms with Crippen LogP contribution >= 0.6 is 11.3 Å². The molecule has 6 heteroatoms. The van der Waals surface area contributed by atoms with Crippen molar-refractivity contribution >= 4 is 31.8 Å². The van der Waals surface area contributed by atoms with Gasteiger partial charge in [-0.3, -0.25) is 9.36 Å². The van der Waals surface area contributed by atoms with Gasteiger partial charge in [0.25, 0.3) is 5.56 Å². The fourth-order valence-corrected chi connectivity index (χ4v) is 3.91. The highest BCUT2D eigenvalue weighted by molar-refractivity contribution is 7.25. The number of aryl methyl sites for hydroxylation is 3. The quantitative estimate of drug-likeness (QED) is 0.745. The Morgan fingerprint density at radius 3 is 2.64 bits per heavy atom. The van der Waals surface area contributed by atoms with Crippen LogP contribution in [-0.4, -0.2) is 40.1 Å². The highest BCUT2D eigenvalue weighted by Crippen LogP contribution is 2.32. The Bertz CT molecular complexity index is 923. The molecule has 3 rings (SSSR count). The summed E-state index contributed by atoms with van der Waals surface area (Å²) < 4.78 is 2.47. The van der Waals surface area contributed by atoms with Crippen molar-refractivity contribution in [1.29, 1.82) is 0 Å². The molecule has 0 aliphatic rings. The van der Waals surface area contributed by atoms with Crippen molar-refractivity contribution in [2.45, 2.75) is 27.3 Å². The van der Waals surface area contributed by atoms with Gasteiger partial charge in [0.15, 0.2) is 0 Å². The average Bonchev–Trinajstić information content (AvgIpc) is 2.76. The van der Waals surface area contributed by atoms with Crippen LogP contribution in [0, 0.1) is 20.8 Å². The predicted molar refractivity (Wildman–Crippen MR) is 91.9 cm³/mol. The molecule has 22 heavy (non-hydrogen) atoms. The Hall–Kier alpha value is -1.79. The monoisotopic (exact) mass is 316 g/mol. The Kier molecular flexibility index (Phi) is 3.74. The minimum absolute atomic E-state index is 0.0457. The first-order chi connectivity index (χ1) is 10.4. The number of pyridine rings is 1. The van der Waals surface area contributed by atoms with Gasteiger partial charge in [-0.05, 0) is 46.5 Å². The number of thiophene rings is 1. The second-order valence-corrected chi connectivity index (χ2v) is 6.96. The minimum atomic E-state index is 0.0457. The smallest absolute Gasteiger partial charge is 0.271 e. The molecule has 0 saturated heterocycles. The number of rotatable bonds is 3. The molecule has 0 aliphatic carbocycles. The Morgan fingerprint density at radius 2 is 1.95 bits per heavy atom. The summed E-state index contributed by atoms with van der Waals surface area (Å²) in [6.07, 6.45) is 0. The molecule has 0 aromatic carbocycles. The fourth-order valence-electron chi connectivity index (χ4n) is 2.73. The molecule has 0 unspecified atom stereocenters. The van der Waals surface area contributed by atoms with Gasteiger partial charge in [-0.15, -0.1) is 11.3 Å². The van der Waals surface area contributed by atoms with E-state index in [-0.39, 0.29) is 5.56 Å². The van der Waals surface area contributed by atoms with Crippen LogP contribution in [0.5, 0.6) is 0 Å². The summed E-state index contributed by atoms with van der Waals surface area (Å²) >= 11 is 1.45. The molecule has 0 aliphatic heterocycles. The van der Waals surface area contributed by atoms with Gasteiger partial charge < -0.3 is 4.90 Å². The lowest BCUT2D eigenvalue weighted by Crippen LogP contribution is -2.28. The molecule has 0 bridgehead atoms. The zero-order valence-electron chi connectivity index (χ0n) is 13.6. The molecule has 0 spiro atoms. The summed E-state index contributed by atoms with van der Waals surface area (Å²) in [5.41, 5.74) is 2.95. The van der Waals surface area contributed by atoms with Gasteiger partial charge in [0.05, 0.1) is 5.52 Å². The molecule has 0 fully saturated rings. The van der Waals surface area contributed by atoms with Crippen LogP contribution in [0.25, 0.3) is 20.4 Å². The molecule has 5 nitrogen and oxygen atoms in total. The van der Waals surface area contributed by atoms with E-state index in [1.165, 1.54) is 11.3 Å². The predicted octanol–water partition coefficient (Wildman–Crippen LogP) is 2.49. The largest absolute Gasteiger partial charge is 0.308 e. The Labute approximate surface area is 133 Å². The molecule has 3 aromatic heterocycles. The summed E-state index contributed by atoms with van der Waals surface area (Å²) in [4.78, 5) is 25.1. The van der Waals surface area contributed by atoms with Gasteiger partial charge in [-0.2, -0.15) is 0 Å². The van der Waals surface area contributed by atoms with E-state index in [2.05, 4.69) is 16.8 Å². The van der Waals surface area contributed by atoms with E-state index in [9.17, 15) is 4.79 Å². The minimum Gasteiger partial charge on any atom is -0.308 e. The first kappa shape index (κ1) is 15.1. The molecule has 0 N–H and O–H groups in total. The zero-order chi connectivity index (χ0) is 16.0. The van der Waals surface area contributed by atoms with Crippen LogP contribution in [0.15, 0.2) is 10.9 Å². The number of hydrogen-bond donors (Lipinski definition) is 0. The summed E-state index contributed by atoms with van der Waals surface area (Å²) in [7, 11) is 4.00. The SMILES string of the molecule is Cc1cc(C)c2c(n1)sc1c(=O)n(CCN(C)C)c(C)nc12. The van der Waals surface area contributed by atoms with Gasteiger partial charge in [0.2, 0.25) is 0 Å². The summed E-state index contributed by atoms with van der Waals surface area (Å²) in [6.45, 7) is 7.40. The van der Waals surface area contributed by atoms with Crippen LogP contribution in [0.3, 0.4) is 0 Å². The standard InChI is InChI=1S/C16H20N4OS/c1-9-8-10(2)17-15-12(9)13-14(22-15)16(21)20(11(3)18-13)7-6-19(4)5/h8H,6-7H2,1-5H3. The van der Waals surface area contributed by atoms with Crippen molar-refractivity contribution < 1.29 is 0 Å². The van der Waals surface area contributed by atoms with E-state index >= 15 is 0 Å². The van der Waals surface area contributed by atoms with E-state index in [0.717, 1.165) is 39.4 Å². The van der Waals surface area contributed by atoms with Crippen molar-refractivity contribution in [1.82, 2.24) is 19.4 Å². The first-order valence-electron chi connectivity index (χ1n) is 7.31. The lowest BCUT2D eigenvalue weighted by Gasteiger charge is -2.13. The number of likely N-dealkylation sites (N-methyl/N-ethyl adjacent to an activating group) is 1. The maximum absolute atomic E-state index is 12.8. The molecule has 3 heterocycles. The van der Waals surface area contributed by atoms with Gasteiger partial charge in [-0.25, -0.2) is 9.97 Å². The van der Waals surface area contributed by atoms with Gasteiger partial charge >= 0.3 is 0 Å². The Morgan fingerprint density at radius 1 is 1.23 bits per heavy atom. The van der Waals surface area contributed by atoms with E-state index in [0.29, 0.717) is 11.2 Å². The van der Waals surface area contributed by atoms with Crippen molar-refractivity contribution in [3.8, 4) is 0 Å². The third-order valence-electron chi connectivity index (χ3n) is 3.84. The van der Waals surface area contributed by atoms with Crippen molar-refractivity contribution in [3.63, 3.8) is 0 Å². The van der Waals surface area contributed by atoms with Crippen LogP contribution in [0.4, 0.5) is 0 Å². The van der Waals surface area contributed by atoms with E-state index in [4.69, 9.17) is 4.98 Å². The third kappa shape index (κ3) is 2.42. The summed E-state index contributed by atoms with van der Waals surface area (Å²) in [6, 6.07) is 2.04. The van der Waals surface area contributed by atoms with Gasteiger partial charge in [0, 0.05) is 24.2 Å². The topological polar surface area (TPSA) is 51.0 Å². The summed E-state index contributed by atoms with van der Waals surface area (Å²) in [5.74, 6) is 0.763. The lowest BCUT2D eigenvalue weighted by atomic mass is 10.1. The van der Waals surface area contributed by atoms with E-state index in [1.54, 1.807) is 4.57 Å². The highest BCUT2D eigenvalue weighted by Gasteiger charge is 2.16. The van der Waals surface area contributed by atoms with Crippen molar-refractivity contribution in [3.05, 3.63) is 33.5 Å². The van der Waals surface area contributed by atoms with Crippen LogP contribution in [-0.2, 0) is 6.54 Å². The van der Waals surface area contributed by atoms with Crippen LogP contribution in [0.1, 0.15) is 17.1 Å². The van der Waals surface area contributed by atoms with Gasteiger partial charge in [-0.1, -0.05) is 0 Å². The van der Waals surface area contributed by atoms with Crippen molar-refractivity contribution in [2.24, 2.45) is 0 Å². The molecule has 0 amide bonds. The molecule has 3 aromatic rings. The molecule has 0 atom stereocenters. The van der Waals surface area contributed by atoms with Crippen molar-refractivity contribution in [2.75, 3.05) is 20.6 Å². The molecule has 0 saturated carbocycles. The van der Waals surface area contributed by atoms with E-state index < -0.39 is 0 Å². The van der Waals surface area contributed by atoms with Gasteiger partial charge in [0.1, 0.15) is 15.4 Å². The lowest BCUT2D eigenvalue weighted by molar-refractivity contribution is 0.378. The maximum Gasteiger partial charge on any atom is 0.271 e. The third-order valence-corrected chi connectivity index (χ3v) is 4.90. The normalized spacial score (nSPS) is 11.9. The second-order valence-electron chi connectivity index (χ2n) is 5.96. The van der Waals surface area contributed by atoms with Crippen LogP contribution in [0.2, 0.25) is 0 Å². The molecular weight excluding hydrogens is 296 g/mol. The van der Waals surface area contributed by atoms with E-state index in [1.807, 2.05) is 34.0 Å². The average molecular weight is 316 g/mol. The number of nitrogens with zero attached hydrogens (tertiary/aromatic N) is 4. The van der Waals surface area contributed by atoms with Crippen LogP contribution < -0.4 is 5.56 Å². The molecular formula is C16H20N4OS. The molecule has 0 radical (unpaired) electrons. The Balaban J connectivity index is 2.30. The number of hydrogen-bond acceptors (Lipinski definition) is 5. The zero-order valence-corrected chi connectivity index (χ0v) is 14.4. The highest BCUT2D eigenvalue weighted by atomic mass is 32.1. The first-order valence-corrected chi connectivity index (χ1v) is 8.12. The number of aromatic nitrogens is 3.